The average molecular weight is 297 g/mol. The van der Waals surface area contributed by atoms with Crippen molar-refractivity contribution >= 4 is 5.91 Å². The summed E-state index contributed by atoms with van der Waals surface area (Å²) in [5.74, 6) is 0.261. The van der Waals surface area contributed by atoms with Crippen LogP contribution >= 0.6 is 0 Å². The van der Waals surface area contributed by atoms with Gasteiger partial charge in [-0.2, -0.15) is 0 Å². The summed E-state index contributed by atoms with van der Waals surface area (Å²) in [7, 11) is 0. The Labute approximate surface area is 123 Å². The zero-order valence-corrected chi connectivity index (χ0v) is 12.4. The number of hydrogen-bond acceptors (Lipinski definition) is 5. The molecule has 0 fully saturated rings. The lowest BCUT2D eigenvalue weighted by molar-refractivity contribution is -0.125. The average Bonchev–Trinajstić information content (AvgIpc) is 2.87. The molecule has 0 saturated heterocycles. The van der Waals surface area contributed by atoms with Gasteiger partial charge in [-0.05, 0) is 6.42 Å². The fourth-order valence-electron chi connectivity index (χ4n) is 2.70. The summed E-state index contributed by atoms with van der Waals surface area (Å²) in [6, 6.07) is -1.41. The first kappa shape index (κ1) is 15.9. The molecule has 118 valence electrons. The number of aliphatic hydroxyl groups excluding tert-OH is 3. The number of aryl methyl sites for hydroxylation is 1. The van der Waals surface area contributed by atoms with E-state index in [9.17, 15) is 20.1 Å². The molecule has 1 aromatic heterocycles. The van der Waals surface area contributed by atoms with Crippen LogP contribution in [0, 0.1) is 0 Å². The van der Waals surface area contributed by atoms with Gasteiger partial charge in [0.05, 0.1) is 18.3 Å². The third-order valence-electron chi connectivity index (χ3n) is 3.86. The minimum atomic E-state index is -1.19. The third-order valence-corrected chi connectivity index (χ3v) is 3.86. The maximum atomic E-state index is 11.6. The van der Waals surface area contributed by atoms with Crippen LogP contribution in [-0.4, -0.2) is 49.6 Å². The van der Waals surface area contributed by atoms with Gasteiger partial charge in [-0.25, -0.2) is 4.98 Å². The van der Waals surface area contributed by atoms with Crippen LogP contribution in [0.5, 0.6) is 0 Å². The predicted octanol–water partition coefficient (Wildman–Crippen LogP) is -0.328. The molecule has 0 spiro atoms. The molecule has 0 radical (unpaired) electrons. The number of nitrogens with one attached hydrogen (secondary N) is 1. The number of aliphatic hydroxyl groups is 3. The number of imidazole rings is 1. The van der Waals surface area contributed by atoms with Crippen molar-refractivity contribution in [2.45, 2.75) is 57.4 Å². The topological polar surface area (TPSA) is 108 Å². The smallest absolute Gasteiger partial charge is 0.220 e. The highest BCUT2D eigenvalue weighted by Crippen LogP contribution is 2.32. The lowest BCUT2D eigenvalue weighted by Gasteiger charge is -2.38. The van der Waals surface area contributed by atoms with Gasteiger partial charge < -0.3 is 25.2 Å². The maximum absolute atomic E-state index is 11.6. The summed E-state index contributed by atoms with van der Waals surface area (Å²) >= 11 is 0. The van der Waals surface area contributed by atoms with Crippen molar-refractivity contribution < 1.29 is 20.1 Å². The number of hydrogen-bond donors (Lipinski definition) is 4. The predicted molar refractivity (Wildman–Crippen MR) is 75.5 cm³/mol. The van der Waals surface area contributed by atoms with Crippen LogP contribution in [0.3, 0.4) is 0 Å². The second-order valence-electron chi connectivity index (χ2n) is 5.38. The number of aromatic nitrogens is 2. The van der Waals surface area contributed by atoms with Gasteiger partial charge in [0.2, 0.25) is 5.91 Å². The van der Waals surface area contributed by atoms with E-state index in [1.165, 1.54) is 0 Å². The zero-order valence-electron chi connectivity index (χ0n) is 12.4. The molecule has 1 aliphatic rings. The van der Waals surface area contributed by atoms with Crippen molar-refractivity contribution in [1.82, 2.24) is 14.9 Å². The molecule has 0 aliphatic carbocycles. The summed E-state index contributed by atoms with van der Waals surface area (Å²) in [4.78, 5) is 16.1. The van der Waals surface area contributed by atoms with Crippen LogP contribution in [0.15, 0.2) is 6.20 Å². The van der Waals surface area contributed by atoms with Crippen LogP contribution < -0.4 is 5.32 Å². The van der Waals surface area contributed by atoms with Gasteiger partial charge >= 0.3 is 0 Å². The number of rotatable bonds is 5. The van der Waals surface area contributed by atoms with E-state index >= 15 is 0 Å². The van der Waals surface area contributed by atoms with Gasteiger partial charge in [-0.3, -0.25) is 4.79 Å². The second kappa shape index (κ2) is 6.55. The Balaban J connectivity index is 2.40. The summed E-state index contributed by atoms with van der Waals surface area (Å²) in [5, 5.41) is 32.6. The molecule has 0 saturated carbocycles. The molecule has 21 heavy (non-hydrogen) atoms. The summed E-state index contributed by atoms with van der Waals surface area (Å²) in [6.45, 7) is 3.44. The van der Waals surface area contributed by atoms with Crippen molar-refractivity contribution in [3.05, 3.63) is 17.7 Å². The molecule has 1 aliphatic heterocycles. The van der Waals surface area contributed by atoms with Crippen LogP contribution in [-0.2, 0) is 11.2 Å². The number of carbonyl (C=O) groups is 1. The van der Waals surface area contributed by atoms with E-state index in [-0.39, 0.29) is 18.9 Å². The van der Waals surface area contributed by atoms with Gasteiger partial charge in [-0.15, -0.1) is 0 Å². The maximum Gasteiger partial charge on any atom is 0.220 e. The van der Waals surface area contributed by atoms with Crippen molar-refractivity contribution in [1.29, 1.82) is 0 Å². The fraction of sp³-hybridized carbons (Fsp3) is 0.714. The Bertz CT molecular complexity index is 502. The van der Waals surface area contributed by atoms with E-state index in [1.807, 2.05) is 6.92 Å². The minimum Gasteiger partial charge on any atom is -0.394 e. The molecule has 2 rings (SSSR count). The first-order valence-electron chi connectivity index (χ1n) is 7.37. The van der Waals surface area contributed by atoms with Crippen molar-refractivity contribution in [3.8, 4) is 0 Å². The SMILES string of the molecule is CCCc1cn2c(n1)C(NC(=O)CC)[C@@H](O)[C@@H](O)C2CO. The molecule has 2 heterocycles. The van der Waals surface area contributed by atoms with Crippen LogP contribution in [0.25, 0.3) is 0 Å². The summed E-state index contributed by atoms with van der Waals surface area (Å²) in [5.41, 5.74) is 0.822. The minimum absolute atomic E-state index is 0.222. The summed E-state index contributed by atoms with van der Waals surface area (Å²) in [6.07, 6.45) is 1.39. The number of carbonyl (C=O) groups excluding carboxylic acids is 1. The van der Waals surface area contributed by atoms with Gasteiger partial charge in [0, 0.05) is 12.6 Å². The van der Waals surface area contributed by atoms with Gasteiger partial charge in [0.25, 0.3) is 0 Å². The highest BCUT2D eigenvalue weighted by atomic mass is 16.3. The standard InChI is InChI=1S/C14H23N3O4/c1-3-5-8-6-17-9(7-18)12(20)13(21)11(14(17)15-8)16-10(19)4-2/h6,9,11-13,18,20-21H,3-5,7H2,1-2H3,(H,16,19)/t9?,11?,12-,13+/m0/s1. The Morgan fingerprint density at radius 2 is 2.10 bits per heavy atom. The molecule has 4 N–H and O–H groups in total. The van der Waals surface area contributed by atoms with E-state index in [2.05, 4.69) is 10.3 Å². The molecular weight excluding hydrogens is 274 g/mol. The second-order valence-corrected chi connectivity index (χ2v) is 5.38. The van der Waals surface area contributed by atoms with E-state index in [4.69, 9.17) is 0 Å². The Kier molecular flexibility index (Phi) is 4.97. The van der Waals surface area contributed by atoms with Crippen molar-refractivity contribution in [2.24, 2.45) is 0 Å². The normalized spacial score (nSPS) is 28.2. The first-order valence-corrected chi connectivity index (χ1v) is 7.37. The van der Waals surface area contributed by atoms with Gasteiger partial charge in [0.15, 0.2) is 0 Å². The van der Waals surface area contributed by atoms with Crippen LogP contribution in [0.1, 0.15) is 50.3 Å². The van der Waals surface area contributed by atoms with E-state index in [0.29, 0.717) is 5.82 Å². The fourth-order valence-corrected chi connectivity index (χ4v) is 2.70. The highest BCUT2D eigenvalue weighted by Gasteiger charge is 2.42. The largest absolute Gasteiger partial charge is 0.394 e. The highest BCUT2D eigenvalue weighted by molar-refractivity contribution is 5.76. The van der Waals surface area contributed by atoms with Gasteiger partial charge in [0.1, 0.15) is 24.1 Å². The molecular formula is C14H23N3O4. The number of fused-ring (bicyclic) bond motifs is 1. The van der Waals surface area contributed by atoms with Gasteiger partial charge in [-0.1, -0.05) is 20.3 Å². The Hall–Kier alpha value is -1.44. The molecule has 7 nitrogen and oxygen atoms in total. The third kappa shape index (κ3) is 2.95. The lowest BCUT2D eigenvalue weighted by atomic mass is 9.94. The molecule has 1 aromatic rings. The van der Waals surface area contributed by atoms with Crippen LogP contribution in [0.4, 0.5) is 0 Å². The number of nitrogens with zero attached hydrogens (tertiary/aromatic N) is 2. The Morgan fingerprint density at radius 1 is 1.38 bits per heavy atom. The quantitative estimate of drug-likeness (QED) is 0.595. The van der Waals surface area contributed by atoms with E-state index in [1.54, 1.807) is 17.7 Å². The molecule has 7 heteroatoms. The van der Waals surface area contributed by atoms with Crippen molar-refractivity contribution in [3.63, 3.8) is 0 Å². The van der Waals surface area contributed by atoms with E-state index in [0.717, 1.165) is 18.5 Å². The zero-order chi connectivity index (χ0) is 15.6. The molecule has 1 amide bonds. The first-order chi connectivity index (χ1) is 10.0. The number of amides is 1. The monoisotopic (exact) mass is 297 g/mol. The lowest BCUT2D eigenvalue weighted by Crippen LogP contribution is -2.51. The van der Waals surface area contributed by atoms with E-state index < -0.39 is 24.3 Å². The molecule has 0 bridgehead atoms. The van der Waals surface area contributed by atoms with Crippen molar-refractivity contribution in [2.75, 3.05) is 6.61 Å². The molecule has 0 aromatic carbocycles. The van der Waals surface area contributed by atoms with Crippen LogP contribution in [0.2, 0.25) is 0 Å². The summed E-state index contributed by atoms with van der Waals surface area (Å²) < 4.78 is 1.67. The molecule has 2 unspecified atom stereocenters. The Morgan fingerprint density at radius 3 is 2.67 bits per heavy atom. The molecule has 4 atom stereocenters.